The second-order valence-corrected chi connectivity index (χ2v) is 10.9. The highest BCUT2D eigenvalue weighted by Gasteiger charge is 2.26. The molecule has 0 radical (unpaired) electrons. The van der Waals surface area contributed by atoms with Crippen LogP contribution in [0.4, 0.5) is 0 Å². The molecule has 4 rings (SSSR count). The maximum atomic E-state index is 12.8. The normalized spacial score (nSPS) is 13.9. The number of methoxy groups -OCH3 is 1. The highest BCUT2D eigenvalue weighted by Crippen LogP contribution is 2.26. The first kappa shape index (κ1) is 29.8. The predicted molar refractivity (Wildman–Crippen MR) is 158 cm³/mol. The molecule has 1 saturated heterocycles. The van der Waals surface area contributed by atoms with Crippen LogP contribution in [-0.4, -0.2) is 67.4 Å². The molecule has 0 saturated carbocycles. The van der Waals surface area contributed by atoms with E-state index in [2.05, 4.69) is 16.3 Å². The van der Waals surface area contributed by atoms with E-state index in [1.807, 2.05) is 79.4 Å². The summed E-state index contributed by atoms with van der Waals surface area (Å²) < 4.78 is 10.9. The van der Waals surface area contributed by atoms with Crippen LogP contribution in [0.2, 0.25) is 0 Å². The van der Waals surface area contributed by atoms with Gasteiger partial charge in [-0.3, -0.25) is 14.5 Å². The molecule has 3 aromatic rings. The lowest BCUT2D eigenvalue weighted by Crippen LogP contribution is -2.51. The Morgan fingerprint density at radius 1 is 0.854 bits per heavy atom. The monoisotopic (exact) mass is 557 g/mol. The summed E-state index contributed by atoms with van der Waals surface area (Å²) in [6, 6.07) is 25.1. The van der Waals surface area contributed by atoms with Gasteiger partial charge in [-0.15, -0.1) is 0 Å². The average Bonchev–Trinajstić information content (AvgIpc) is 3.00. The quantitative estimate of drug-likeness (QED) is 0.356. The third-order valence-corrected chi connectivity index (χ3v) is 7.46. The number of esters is 1. The number of ether oxygens (including phenoxy) is 2. The van der Waals surface area contributed by atoms with Crippen molar-refractivity contribution in [3.8, 4) is 5.75 Å². The van der Waals surface area contributed by atoms with Gasteiger partial charge in [0.2, 0.25) is 11.8 Å². The fraction of sp³-hybridized carbons (Fsp3) is 0.364. The van der Waals surface area contributed by atoms with Gasteiger partial charge in [-0.05, 0) is 34.7 Å². The molecule has 1 heterocycles. The van der Waals surface area contributed by atoms with E-state index >= 15 is 0 Å². The van der Waals surface area contributed by atoms with Gasteiger partial charge in [0, 0.05) is 44.7 Å². The van der Waals surface area contributed by atoms with E-state index in [0.717, 1.165) is 35.5 Å². The van der Waals surface area contributed by atoms with Crippen LogP contribution >= 0.6 is 0 Å². The van der Waals surface area contributed by atoms with E-state index in [0.29, 0.717) is 38.2 Å². The van der Waals surface area contributed by atoms with Crippen LogP contribution in [-0.2, 0) is 32.9 Å². The zero-order valence-electron chi connectivity index (χ0n) is 24.1. The van der Waals surface area contributed by atoms with Crippen molar-refractivity contribution >= 4 is 17.8 Å². The number of carbonyl (C=O) groups excluding carboxylic acids is 3. The van der Waals surface area contributed by atoms with Crippen LogP contribution in [0.15, 0.2) is 78.9 Å². The van der Waals surface area contributed by atoms with E-state index in [1.54, 1.807) is 12.1 Å². The van der Waals surface area contributed by atoms with Crippen LogP contribution in [0.25, 0.3) is 0 Å². The fourth-order valence-corrected chi connectivity index (χ4v) is 4.93. The van der Waals surface area contributed by atoms with Crippen molar-refractivity contribution in [2.75, 3.05) is 39.8 Å². The van der Waals surface area contributed by atoms with Gasteiger partial charge in [-0.1, -0.05) is 74.5 Å². The average molecular weight is 558 g/mol. The Kier molecular flexibility index (Phi) is 10.1. The number of amides is 2. The number of rotatable bonds is 11. The molecule has 0 aliphatic carbocycles. The van der Waals surface area contributed by atoms with Crippen molar-refractivity contribution in [1.29, 1.82) is 0 Å². The molecule has 0 aromatic heterocycles. The van der Waals surface area contributed by atoms with Crippen molar-refractivity contribution in [1.82, 2.24) is 15.1 Å². The van der Waals surface area contributed by atoms with Crippen LogP contribution in [0.5, 0.6) is 5.75 Å². The van der Waals surface area contributed by atoms with Crippen LogP contribution in [0.1, 0.15) is 47.3 Å². The molecular formula is C33H39N3O5. The Morgan fingerprint density at radius 2 is 1.51 bits per heavy atom. The Labute approximate surface area is 242 Å². The maximum Gasteiger partial charge on any atom is 0.337 e. The van der Waals surface area contributed by atoms with Gasteiger partial charge in [0.25, 0.3) is 0 Å². The van der Waals surface area contributed by atoms with Crippen molar-refractivity contribution in [3.63, 3.8) is 0 Å². The van der Waals surface area contributed by atoms with Crippen LogP contribution < -0.4 is 10.1 Å². The molecule has 8 heteroatoms. The second kappa shape index (κ2) is 13.9. The molecule has 2 amide bonds. The Balaban J connectivity index is 1.21. The van der Waals surface area contributed by atoms with Gasteiger partial charge in [0.1, 0.15) is 12.4 Å². The topological polar surface area (TPSA) is 88.2 Å². The van der Waals surface area contributed by atoms with Gasteiger partial charge in [-0.2, -0.15) is 0 Å². The first-order valence-corrected chi connectivity index (χ1v) is 14.0. The number of hydrogen-bond acceptors (Lipinski definition) is 6. The number of carbonyl (C=O) groups is 3. The van der Waals surface area contributed by atoms with E-state index in [1.165, 1.54) is 7.11 Å². The van der Waals surface area contributed by atoms with Gasteiger partial charge in [0.05, 0.1) is 19.2 Å². The SMILES string of the molecule is COC(=O)c1ccc(COc2ccccc2CN2CCN(C(=O)CNC(=O)CC(C)(C)c3ccccc3)CC2)cc1. The number of hydrogen-bond donors (Lipinski definition) is 1. The second-order valence-electron chi connectivity index (χ2n) is 10.9. The Bertz CT molecular complexity index is 1320. The van der Waals surface area contributed by atoms with Gasteiger partial charge < -0.3 is 19.7 Å². The van der Waals surface area contributed by atoms with Gasteiger partial charge in [0.15, 0.2) is 0 Å². The zero-order valence-corrected chi connectivity index (χ0v) is 24.1. The summed E-state index contributed by atoms with van der Waals surface area (Å²) in [4.78, 5) is 41.2. The molecule has 3 aromatic carbocycles. The predicted octanol–water partition coefficient (Wildman–Crippen LogP) is 4.18. The maximum absolute atomic E-state index is 12.8. The minimum absolute atomic E-state index is 0.0149. The molecule has 8 nitrogen and oxygen atoms in total. The summed E-state index contributed by atoms with van der Waals surface area (Å²) in [6.45, 7) is 7.89. The molecule has 1 aliphatic heterocycles. The molecule has 1 aliphatic rings. The summed E-state index contributed by atoms with van der Waals surface area (Å²) in [7, 11) is 1.36. The van der Waals surface area contributed by atoms with E-state index in [9.17, 15) is 14.4 Å². The fourth-order valence-electron chi connectivity index (χ4n) is 4.93. The number of piperazine rings is 1. The van der Waals surface area contributed by atoms with E-state index < -0.39 is 0 Å². The third kappa shape index (κ3) is 8.41. The van der Waals surface area contributed by atoms with Crippen molar-refractivity contribution in [2.45, 2.75) is 38.8 Å². The Hall–Kier alpha value is -4.17. The summed E-state index contributed by atoms with van der Waals surface area (Å²) in [6.07, 6.45) is 0.318. The van der Waals surface area contributed by atoms with Crippen molar-refractivity contribution in [2.24, 2.45) is 0 Å². The minimum atomic E-state index is -0.364. The van der Waals surface area contributed by atoms with Crippen LogP contribution in [0.3, 0.4) is 0 Å². The molecule has 0 bridgehead atoms. The standard InChI is InChI=1S/C33H39N3O5/c1-33(2,28-10-5-4-6-11-28)21-30(37)34-22-31(38)36-19-17-35(18-20-36)23-27-9-7-8-12-29(27)41-24-25-13-15-26(16-14-25)32(39)40-3/h4-16H,17-24H2,1-3H3,(H,34,37). The first-order chi connectivity index (χ1) is 19.7. The highest BCUT2D eigenvalue weighted by molar-refractivity contribution is 5.89. The molecule has 1 fully saturated rings. The summed E-state index contributed by atoms with van der Waals surface area (Å²) in [5.41, 5.74) is 3.32. The molecular weight excluding hydrogens is 518 g/mol. The molecule has 1 N–H and O–H groups in total. The largest absolute Gasteiger partial charge is 0.489 e. The summed E-state index contributed by atoms with van der Waals surface area (Å²) in [5.74, 6) is 0.265. The Morgan fingerprint density at radius 3 is 2.20 bits per heavy atom. The lowest BCUT2D eigenvalue weighted by Gasteiger charge is -2.35. The number of benzene rings is 3. The van der Waals surface area contributed by atoms with E-state index in [-0.39, 0.29) is 29.7 Å². The molecule has 0 unspecified atom stereocenters. The zero-order chi connectivity index (χ0) is 29.2. The lowest BCUT2D eigenvalue weighted by atomic mass is 9.81. The number of nitrogens with one attached hydrogen (secondary N) is 1. The van der Waals surface area contributed by atoms with Crippen molar-refractivity contribution < 1.29 is 23.9 Å². The molecule has 0 atom stereocenters. The highest BCUT2D eigenvalue weighted by atomic mass is 16.5. The first-order valence-electron chi connectivity index (χ1n) is 14.0. The third-order valence-electron chi connectivity index (χ3n) is 7.46. The van der Waals surface area contributed by atoms with Gasteiger partial charge >= 0.3 is 5.97 Å². The minimum Gasteiger partial charge on any atom is -0.489 e. The smallest absolute Gasteiger partial charge is 0.337 e. The van der Waals surface area contributed by atoms with Gasteiger partial charge in [-0.25, -0.2) is 4.79 Å². The van der Waals surface area contributed by atoms with E-state index in [4.69, 9.17) is 9.47 Å². The van der Waals surface area contributed by atoms with Crippen LogP contribution in [0, 0.1) is 0 Å². The number of nitrogens with zero attached hydrogens (tertiary/aromatic N) is 2. The molecule has 216 valence electrons. The lowest BCUT2D eigenvalue weighted by molar-refractivity contribution is -0.134. The summed E-state index contributed by atoms with van der Waals surface area (Å²) in [5, 5.41) is 2.82. The number of para-hydroxylation sites is 1. The van der Waals surface area contributed by atoms with Crippen molar-refractivity contribution in [3.05, 3.63) is 101 Å². The molecule has 0 spiro atoms. The summed E-state index contributed by atoms with van der Waals surface area (Å²) >= 11 is 0. The molecule has 41 heavy (non-hydrogen) atoms.